The Morgan fingerprint density at radius 3 is 2.83 bits per heavy atom. The monoisotopic (exact) mass is 321 g/mol. The van der Waals surface area contributed by atoms with Gasteiger partial charge in [-0.15, -0.1) is 0 Å². The van der Waals surface area contributed by atoms with E-state index < -0.39 is 0 Å². The average molecular weight is 321 g/mol. The lowest BCUT2D eigenvalue weighted by atomic mass is 10.0. The van der Waals surface area contributed by atoms with Gasteiger partial charge in [-0.3, -0.25) is 9.69 Å². The van der Waals surface area contributed by atoms with Crippen molar-refractivity contribution in [2.75, 3.05) is 33.7 Å². The Kier molecular flexibility index (Phi) is 6.66. The predicted molar refractivity (Wildman–Crippen MR) is 93.8 cm³/mol. The van der Waals surface area contributed by atoms with Gasteiger partial charge in [0.05, 0.1) is 6.20 Å². The highest BCUT2D eigenvalue weighted by molar-refractivity contribution is 5.20. The first kappa shape index (κ1) is 18.0. The van der Waals surface area contributed by atoms with Crippen LogP contribution in [0.1, 0.15) is 38.3 Å². The van der Waals surface area contributed by atoms with Crippen LogP contribution in [-0.4, -0.2) is 53.2 Å². The Hall–Kier alpha value is -1.33. The number of likely N-dealkylation sites (tertiary alicyclic amines) is 1. The minimum atomic E-state index is -0.269. The first-order valence-corrected chi connectivity index (χ1v) is 8.75. The molecule has 1 fully saturated rings. The maximum Gasteiger partial charge on any atom is 0.223 e. The molecule has 5 heteroatoms. The number of aromatic nitrogens is 1. The molecule has 1 saturated heterocycles. The standard InChI is InChI=1S/C18H31N3O2/c1-15-7-6-9-20(12-15)13-16-11-17(22)18(23)14-21(16)10-5-4-8-19(2)3/h11,14-15,23H,4-10,12-13H2,1-3H3. The SMILES string of the molecule is CC1CCCN(Cc2cc(=O)c(O)cn2CCCCN(C)C)C1. The molecule has 1 unspecified atom stereocenters. The van der Waals surface area contributed by atoms with Gasteiger partial charge in [0.2, 0.25) is 5.43 Å². The van der Waals surface area contributed by atoms with Crippen LogP contribution in [0.5, 0.6) is 5.75 Å². The van der Waals surface area contributed by atoms with Crippen molar-refractivity contribution in [3.05, 3.63) is 28.2 Å². The Labute approximate surface area is 139 Å². The van der Waals surface area contributed by atoms with Crippen molar-refractivity contribution in [3.8, 4) is 5.75 Å². The second kappa shape index (κ2) is 8.50. The summed E-state index contributed by atoms with van der Waals surface area (Å²) in [5.41, 5.74) is 0.751. The highest BCUT2D eigenvalue weighted by Gasteiger charge is 2.18. The summed E-state index contributed by atoms with van der Waals surface area (Å²) in [6.45, 7) is 7.19. The molecule has 0 aliphatic carbocycles. The lowest BCUT2D eigenvalue weighted by Crippen LogP contribution is -2.35. The third-order valence-electron chi connectivity index (χ3n) is 4.58. The first-order chi connectivity index (χ1) is 11.0. The molecule has 0 saturated carbocycles. The highest BCUT2D eigenvalue weighted by Crippen LogP contribution is 2.18. The van der Waals surface area contributed by atoms with Gasteiger partial charge in [0, 0.05) is 31.4 Å². The van der Waals surface area contributed by atoms with E-state index >= 15 is 0 Å². The van der Waals surface area contributed by atoms with Crippen LogP contribution in [0, 0.1) is 5.92 Å². The van der Waals surface area contributed by atoms with Gasteiger partial charge in [0.25, 0.3) is 0 Å². The summed E-state index contributed by atoms with van der Waals surface area (Å²) in [7, 11) is 4.16. The van der Waals surface area contributed by atoms with Gasteiger partial charge in [-0.25, -0.2) is 0 Å². The summed E-state index contributed by atoms with van der Waals surface area (Å²) in [6, 6.07) is 1.61. The summed E-state index contributed by atoms with van der Waals surface area (Å²) in [4.78, 5) is 16.4. The third kappa shape index (κ3) is 5.66. The first-order valence-electron chi connectivity index (χ1n) is 8.75. The molecule has 1 N–H and O–H groups in total. The van der Waals surface area contributed by atoms with Gasteiger partial charge in [0.1, 0.15) is 0 Å². The van der Waals surface area contributed by atoms with Crippen molar-refractivity contribution in [1.82, 2.24) is 14.4 Å². The Morgan fingerprint density at radius 2 is 2.13 bits per heavy atom. The van der Waals surface area contributed by atoms with E-state index in [-0.39, 0.29) is 11.2 Å². The van der Waals surface area contributed by atoms with E-state index in [0.717, 1.165) is 57.2 Å². The predicted octanol–water partition coefficient (Wildman–Crippen LogP) is 2.13. The van der Waals surface area contributed by atoms with E-state index in [1.54, 1.807) is 12.3 Å². The van der Waals surface area contributed by atoms with Crippen LogP contribution < -0.4 is 5.43 Å². The van der Waals surface area contributed by atoms with Gasteiger partial charge >= 0.3 is 0 Å². The van der Waals surface area contributed by atoms with Crippen molar-refractivity contribution in [1.29, 1.82) is 0 Å². The second-order valence-electron chi connectivity index (χ2n) is 7.20. The number of pyridine rings is 1. The Morgan fingerprint density at radius 1 is 1.35 bits per heavy atom. The summed E-state index contributed by atoms with van der Waals surface area (Å²) in [6.07, 6.45) is 6.29. The molecule has 0 spiro atoms. The largest absolute Gasteiger partial charge is 0.503 e. The molecule has 1 aliphatic rings. The molecular weight excluding hydrogens is 290 g/mol. The molecule has 0 aromatic carbocycles. The molecule has 1 aromatic rings. The number of nitrogens with zero attached hydrogens (tertiary/aromatic N) is 3. The fourth-order valence-electron chi connectivity index (χ4n) is 3.32. The van der Waals surface area contributed by atoms with Gasteiger partial charge in [-0.05, 0) is 58.8 Å². The van der Waals surface area contributed by atoms with E-state index in [0.29, 0.717) is 0 Å². The minimum absolute atomic E-state index is 0.145. The lowest BCUT2D eigenvalue weighted by molar-refractivity contribution is 0.172. The number of aromatic hydroxyl groups is 1. The fourth-order valence-corrected chi connectivity index (χ4v) is 3.32. The van der Waals surface area contributed by atoms with Gasteiger partial charge in [0.15, 0.2) is 5.75 Å². The summed E-state index contributed by atoms with van der Waals surface area (Å²) in [5, 5.41) is 9.76. The molecule has 1 atom stereocenters. The molecule has 23 heavy (non-hydrogen) atoms. The molecule has 0 radical (unpaired) electrons. The highest BCUT2D eigenvalue weighted by atomic mass is 16.3. The van der Waals surface area contributed by atoms with Gasteiger partial charge in [-0.2, -0.15) is 0 Å². The maximum atomic E-state index is 11.8. The fraction of sp³-hybridized carbons (Fsp3) is 0.722. The quantitative estimate of drug-likeness (QED) is 0.782. The van der Waals surface area contributed by atoms with Crippen LogP contribution >= 0.6 is 0 Å². The number of unbranched alkanes of at least 4 members (excludes halogenated alkanes) is 1. The average Bonchev–Trinajstić information content (AvgIpc) is 2.48. The summed E-state index contributed by atoms with van der Waals surface area (Å²) < 4.78 is 2.06. The van der Waals surface area contributed by atoms with Crippen LogP contribution in [0.25, 0.3) is 0 Å². The van der Waals surface area contributed by atoms with Crippen LogP contribution in [0.2, 0.25) is 0 Å². The number of aryl methyl sites for hydroxylation is 1. The number of piperidine rings is 1. The molecule has 1 aromatic heterocycles. The van der Waals surface area contributed by atoms with E-state index in [9.17, 15) is 9.90 Å². The molecule has 1 aliphatic heterocycles. The van der Waals surface area contributed by atoms with E-state index in [1.807, 2.05) is 0 Å². The zero-order chi connectivity index (χ0) is 16.8. The van der Waals surface area contributed by atoms with Crippen molar-refractivity contribution in [2.45, 2.75) is 45.7 Å². The number of rotatable bonds is 7. The molecule has 2 heterocycles. The molecule has 130 valence electrons. The van der Waals surface area contributed by atoms with Crippen molar-refractivity contribution >= 4 is 0 Å². The molecule has 2 rings (SSSR count). The van der Waals surface area contributed by atoms with E-state index in [2.05, 4.69) is 35.4 Å². The Balaban J connectivity index is 2.04. The van der Waals surface area contributed by atoms with E-state index in [1.165, 1.54) is 12.8 Å². The van der Waals surface area contributed by atoms with Crippen LogP contribution in [0.15, 0.2) is 17.1 Å². The normalized spacial score (nSPS) is 19.4. The van der Waals surface area contributed by atoms with Crippen LogP contribution in [0.3, 0.4) is 0 Å². The zero-order valence-electron chi connectivity index (χ0n) is 14.8. The number of hydrogen-bond acceptors (Lipinski definition) is 4. The summed E-state index contributed by atoms with van der Waals surface area (Å²) in [5.74, 6) is 0.578. The molecular formula is C18H31N3O2. The molecule has 5 nitrogen and oxygen atoms in total. The van der Waals surface area contributed by atoms with Gasteiger partial charge in [-0.1, -0.05) is 6.92 Å². The van der Waals surface area contributed by atoms with Gasteiger partial charge < -0.3 is 14.6 Å². The van der Waals surface area contributed by atoms with Crippen LogP contribution in [-0.2, 0) is 13.1 Å². The van der Waals surface area contributed by atoms with Crippen molar-refractivity contribution in [3.63, 3.8) is 0 Å². The molecule has 0 amide bonds. The second-order valence-corrected chi connectivity index (χ2v) is 7.20. The smallest absolute Gasteiger partial charge is 0.223 e. The Bertz CT molecular complexity index is 554. The zero-order valence-corrected chi connectivity index (χ0v) is 14.8. The summed E-state index contributed by atoms with van der Waals surface area (Å²) >= 11 is 0. The molecule has 0 bridgehead atoms. The van der Waals surface area contributed by atoms with E-state index in [4.69, 9.17) is 0 Å². The topological polar surface area (TPSA) is 48.7 Å². The van der Waals surface area contributed by atoms with Crippen molar-refractivity contribution < 1.29 is 5.11 Å². The minimum Gasteiger partial charge on any atom is -0.503 e. The maximum absolute atomic E-state index is 11.8. The van der Waals surface area contributed by atoms with Crippen LogP contribution in [0.4, 0.5) is 0 Å². The van der Waals surface area contributed by atoms with Crippen molar-refractivity contribution in [2.24, 2.45) is 5.92 Å². The lowest BCUT2D eigenvalue weighted by Gasteiger charge is -2.31. The third-order valence-corrected chi connectivity index (χ3v) is 4.58. The number of hydrogen-bond donors (Lipinski definition) is 1.